The van der Waals surface area contributed by atoms with Gasteiger partial charge in [0.1, 0.15) is 0 Å². The first kappa shape index (κ1) is 11.1. The third-order valence-electron chi connectivity index (χ3n) is 3.47. The molecule has 1 aliphatic rings. The van der Waals surface area contributed by atoms with Gasteiger partial charge in [-0.3, -0.25) is 9.36 Å². The number of nitrogens with two attached hydrogens (primary N) is 1. The quantitative estimate of drug-likeness (QED) is 0.787. The van der Waals surface area contributed by atoms with Crippen molar-refractivity contribution in [2.24, 2.45) is 5.92 Å². The molecule has 0 saturated heterocycles. The summed E-state index contributed by atoms with van der Waals surface area (Å²) in [7, 11) is 0. The van der Waals surface area contributed by atoms with Crippen LogP contribution in [0, 0.1) is 12.8 Å². The fourth-order valence-corrected chi connectivity index (χ4v) is 2.24. The van der Waals surface area contributed by atoms with E-state index in [1.807, 2.05) is 19.1 Å². The Morgan fingerprint density at radius 2 is 2.06 bits per heavy atom. The molecule has 0 amide bonds. The Balaban J connectivity index is 2.38. The van der Waals surface area contributed by atoms with Gasteiger partial charge in [0.05, 0.1) is 10.9 Å². The Kier molecular flexibility index (Phi) is 2.29. The van der Waals surface area contributed by atoms with Crippen LogP contribution in [0.4, 0.5) is 0 Å². The normalized spacial score (nSPS) is 15.2. The van der Waals surface area contributed by atoms with Gasteiger partial charge in [0, 0.05) is 6.54 Å². The summed E-state index contributed by atoms with van der Waals surface area (Å²) in [6.45, 7) is 2.56. The first-order valence-electron chi connectivity index (χ1n) is 6.09. The molecule has 18 heavy (non-hydrogen) atoms. The molecule has 5 nitrogen and oxygen atoms in total. The highest BCUT2D eigenvalue weighted by Crippen LogP contribution is 2.30. The van der Waals surface area contributed by atoms with E-state index in [1.165, 1.54) is 0 Å². The van der Waals surface area contributed by atoms with Crippen molar-refractivity contribution in [2.45, 2.75) is 26.3 Å². The fourth-order valence-electron chi connectivity index (χ4n) is 2.24. The SMILES string of the molecule is Cc1ccc2c(c1)c(=O)n(N)c(=O)n2CC1CC1. The molecule has 5 heteroatoms. The van der Waals surface area contributed by atoms with Crippen molar-refractivity contribution in [3.05, 3.63) is 44.6 Å². The summed E-state index contributed by atoms with van der Waals surface area (Å²) in [4.78, 5) is 24.0. The maximum absolute atomic E-state index is 12.1. The largest absolute Gasteiger partial charge is 0.350 e. The van der Waals surface area contributed by atoms with Gasteiger partial charge in [-0.2, -0.15) is 4.68 Å². The lowest BCUT2D eigenvalue weighted by molar-refractivity contribution is 0.590. The first-order valence-corrected chi connectivity index (χ1v) is 6.09. The molecule has 0 atom stereocenters. The Morgan fingerprint density at radius 1 is 1.33 bits per heavy atom. The minimum atomic E-state index is -0.428. The van der Waals surface area contributed by atoms with Crippen molar-refractivity contribution in [1.82, 2.24) is 9.24 Å². The molecule has 0 aliphatic heterocycles. The average Bonchev–Trinajstić information content (AvgIpc) is 3.16. The summed E-state index contributed by atoms with van der Waals surface area (Å²) in [6, 6.07) is 5.52. The Morgan fingerprint density at radius 3 is 2.72 bits per heavy atom. The summed E-state index contributed by atoms with van der Waals surface area (Å²) >= 11 is 0. The maximum Gasteiger partial charge on any atom is 0.350 e. The number of nitrogen functional groups attached to an aromatic ring is 1. The van der Waals surface area contributed by atoms with Gasteiger partial charge in [-0.15, -0.1) is 0 Å². The van der Waals surface area contributed by atoms with E-state index < -0.39 is 11.2 Å². The Labute approximate surface area is 103 Å². The summed E-state index contributed by atoms with van der Waals surface area (Å²) in [5.74, 6) is 6.11. The van der Waals surface area contributed by atoms with Crippen molar-refractivity contribution in [3.8, 4) is 0 Å². The van der Waals surface area contributed by atoms with Gasteiger partial charge in [-0.25, -0.2) is 4.79 Å². The van der Waals surface area contributed by atoms with Gasteiger partial charge in [0.2, 0.25) is 0 Å². The van der Waals surface area contributed by atoms with Crippen LogP contribution in [0.5, 0.6) is 0 Å². The molecule has 3 rings (SSSR count). The zero-order valence-corrected chi connectivity index (χ0v) is 10.2. The predicted octanol–water partition coefficient (Wildman–Crippen LogP) is 0.595. The molecule has 2 aromatic rings. The van der Waals surface area contributed by atoms with Gasteiger partial charge in [0.25, 0.3) is 5.56 Å². The first-order chi connectivity index (χ1) is 8.58. The van der Waals surface area contributed by atoms with E-state index in [0.29, 0.717) is 28.0 Å². The van der Waals surface area contributed by atoms with E-state index in [9.17, 15) is 9.59 Å². The highest BCUT2D eigenvalue weighted by molar-refractivity contribution is 5.78. The summed E-state index contributed by atoms with van der Waals surface area (Å²) in [6.07, 6.45) is 2.28. The Bertz CT molecular complexity index is 738. The monoisotopic (exact) mass is 245 g/mol. The fraction of sp³-hybridized carbons (Fsp3) is 0.385. The van der Waals surface area contributed by atoms with Gasteiger partial charge in [0.15, 0.2) is 0 Å². The molecule has 1 aromatic heterocycles. The third kappa shape index (κ3) is 1.63. The molecule has 0 bridgehead atoms. The van der Waals surface area contributed by atoms with Crippen molar-refractivity contribution < 1.29 is 0 Å². The lowest BCUT2D eigenvalue weighted by Crippen LogP contribution is -2.44. The number of rotatable bonds is 2. The predicted molar refractivity (Wildman–Crippen MR) is 70.1 cm³/mol. The van der Waals surface area contributed by atoms with Crippen molar-refractivity contribution in [2.75, 3.05) is 5.84 Å². The molecule has 1 aromatic carbocycles. The van der Waals surface area contributed by atoms with Gasteiger partial charge < -0.3 is 5.84 Å². The average molecular weight is 245 g/mol. The molecule has 2 N–H and O–H groups in total. The lowest BCUT2D eigenvalue weighted by atomic mass is 10.1. The van der Waals surface area contributed by atoms with Gasteiger partial charge in [-0.05, 0) is 37.8 Å². The van der Waals surface area contributed by atoms with Crippen LogP contribution in [-0.2, 0) is 6.54 Å². The standard InChI is InChI=1S/C13H15N3O2/c1-8-2-5-11-10(6-8)12(17)16(14)13(18)15(11)7-9-3-4-9/h2,5-6,9H,3-4,7,14H2,1H3. The topological polar surface area (TPSA) is 70.0 Å². The van der Waals surface area contributed by atoms with Crippen LogP contribution >= 0.6 is 0 Å². The summed E-state index contributed by atoms with van der Waals surface area (Å²) in [5.41, 5.74) is 0.814. The van der Waals surface area contributed by atoms with Crippen LogP contribution in [0.25, 0.3) is 10.9 Å². The molecule has 1 fully saturated rings. The number of nitrogens with zero attached hydrogens (tertiary/aromatic N) is 2. The summed E-state index contributed by atoms with van der Waals surface area (Å²) in [5, 5.41) is 0.512. The number of hydrogen-bond donors (Lipinski definition) is 1. The van der Waals surface area contributed by atoms with E-state index in [4.69, 9.17) is 5.84 Å². The van der Waals surface area contributed by atoms with Crippen molar-refractivity contribution in [3.63, 3.8) is 0 Å². The van der Waals surface area contributed by atoms with Crippen LogP contribution in [0.1, 0.15) is 18.4 Å². The number of fused-ring (bicyclic) bond motifs is 1. The Hall–Kier alpha value is -2.04. The second-order valence-electron chi connectivity index (χ2n) is 5.03. The number of aromatic nitrogens is 2. The number of benzene rings is 1. The number of aryl methyl sites for hydroxylation is 1. The summed E-state index contributed by atoms with van der Waals surface area (Å²) < 4.78 is 2.33. The van der Waals surface area contributed by atoms with Crippen molar-refractivity contribution >= 4 is 10.9 Å². The molecular weight excluding hydrogens is 230 g/mol. The van der Waals surface area contributed by atoms with Crippen molar-refractivity contribution in [1.29, 1.82) is 0 Å². The van der Waals surface area contributed by atoms with Gasteiger partial charge >= 0.3 is 5.69 Å². The molecule has 0 unspecified atom stereocenters. The molecule has 1 aliphatic carbocycles. The molecule has 1 heterocycles. The molecule has 0 spiro atoms. The lowest BCUT2D eigenvalue weighted by Gasteiger charge is -2.11. The van der Waals surface area contributed by atoms with E-state index in [0.717, 1.165) is 18.4 Å². The molecule has 0 radical (unpaired) electrons. The minimum Gasteiger partial charge on any atom is -0.332 e. The van der Waals surface area contributed by atoms with Crippen LogP contribution in [-0.4, -0.2) is 9.24 Å². The number of hydrogen-bond acceptors (Lipinski definition) is 3. The maximum atomic E-state index is 12.1. The second-order valence-corrected chi connectivity index (χ2v) is 5.03. The highest BCUT2D eigenvalue weighted by atomic mass is 16.2. The zero-order valence-electron chi connectivity index (χ0n) is 10.2. The smallest absolute Gasteiger partial charge is 0.332 e. The molecule has 1 saturated carbocycles. The van der Waals surface area contributed by atoms with Crippen LogP contribution in [0.2, 0.25) is 0 Å². The van der Waals surface area contributed by atoms with E-state index >= 15 is 0 Å². The van der Waals surface area contributed by atoms with E-state index in [2.05, 4.69) is 0 Å². The van der Waals surface area contributed by atoms with E-state index in [-0.39, 0.29) is 0 Å². The highest BCUT2D eigenvalue weighted by Gasteiger charge is 2.24. The molecular formula is C13H15N3O2. The van der Waals surface area contributed by atoms with Crippen LogP contribution in [0.15, 0.2) is 27.8 Å². The van der Waals surface area contributed by atoms with Crippen LogP contribution < -0.4 is 17.1 Å². The second kappa shape index (κ2) is 3.73. The third-order valence-corrected chi connectivity index (χ3v) is 3.47. The molecule has 94 valence electrons. The zero-order chi connectivity index (χ0) is 12.9. The minimum absolute atomic E-state index is 0.425. The van der Waals surface area contributed by atoms with E-state index in [1.54, 1.807) is 10.6 Å². The van der Waals surface area contributed by atoms with Gasteiger partial charge in [-0.1, -0.05) is 11.6 Å². The van der Waals surface area contributed by atoms with Crippen LogP contribution in [0.3, 0.4) is 0 Å².